The third-order valence-electron chi connectivity index (χ3n) is 4.84. The second-order valence-electron chi connectivity index (χ2n) is 7.40. The van der Waals surface area contributed by atoms with Crippen LogP contribution in [0.5, 0.6) is 0 Å². The molecule has 0 aromatic carbocycles. The van der Waals surface area contributed by atoms with Gasteiger partial charge in [0.05, 0.1) is 0 Å². The van der Waals surface area contributed by atoms with Gasteiger partial charge < -0.3 is 10.6 Å². The van der Waals surface area contributed by atoms with E-state index in [0.29, 0.717) is 18.8 Å². The summed E-state index contributed by atoms with van der Waals surface area (Å²) < 4.78 is 0. The van der Waals surface area contributed by atoms with Crippen LogP contribution in [0.3, 0.4) is 0 Å². The first-order valence-corrected chi connectivity index (χ1v) is 8.77. The normalized spacial score (nSPS) is 21.7. The maximum atomic E-state index is 12.6. The van der Waals surface area contributed by atoms with Crippen LogP contribution in [0.4, 0.5) is 4.79 Å². The fraction of sp³-hybridized carbons (Fsp3) is 0.824. The lowest BCUT2D eigenvalue weighted by Gasteiger charge is -2.30. The topological polar surface area (TPSA) is 78.5 Å². The Morgan fingerprint density at radius 3 is 2.43 bits per heavy atom. The van der Waals surface area contributed by atoms with Gasteiger partial charge in [0, 0.05) is 6.04 Å². The first-order valence-electron chi connectivity index (χ1n) is 8.77. The molecule has 0 unspecified atom stereocenters. The van der Waals surface area contributed by atoms with Crippen LogP contribution in [-0.2, 0) is 9.59 Å². The number of amides is 4. The molecule has 1 spiro atoms. The van der Waals surface area contributed by atoms with Crippen molar-refractivity contribution in [2.45, 2.75) is 77.3 Å². The van der Waals surface area contributed by atoms with Gasteiger partial charge in [0.25, 0.3) is 5.91 Å². The molecule has 6 heteroatoms. The molecular weight excluding hydrogens is 294 g/mol. The molecule has 1 aliphatic carbocycles. The van der Waals surface area contributed by atoms with Crippen LogP contribution < -0.4 is 10.6 Å². The standard InChI is InChI=1S/C17H29N3O3/c1-12(2)7-8-13(3)18-14(21)11-20-15(22)17(19-16(20)23)9-5-4-6-10-17/h12-13H,4-11H2,1-3H3,(H,18,21)(H,19,23)/t13-/m0/s1. The van der Waals surface area contributed by atoms with Gasteiger partial charge in [-0.15, -0.1) is 0 Å². The molecule has 1 saturated heterocycles. The van der Waals surface area contributed by atoms with E-state index >= 15 is 0 Å². The van der Waals surface area contributed by atoms with E-state index in [1.54, 1.807) is 0 Å². The molecule has 0 bridgehead atoms. The number of urea groups is 1. The predicted octanol–water partition coefficient (Wildman–Crippen LogP) is 2.18. The quantitative estimate of drug-likeness (QED) is 0.735. The van der Waals surface area contributed by atoms with Gasteiger partial charge >= 0.3 is 6.03 Å². The molecule has 130 valence electrons. The van der Waals surface area contributed by atoms with Crippen molar-refractivity contribution in [2.24, 2.45) is 5.92 Å². The molecule has 0 radical (unpaired) electrons. The SMILES string of the molecule is CC(C)CC[C@H](C)NC(=O)CN1C(=O)NC2(CCCCC2)C1=O. The van der Waals surface area contributed by atoms with Gasteiger partial charge in [-0.05, 0) is 38.5 Å². The number of hydrogen-bond acceptors (Lipinski definition) is 3. The smallest absolute Gasteiger partial charge is 0.325 e. The summed E-state index contributed by atoms with van der Waals surface area (Å²) >= 11 is 0. The molecule has 2 fully saturated rings. The molecule has 1 heterocycles. The van der Waals surface area contributed by atoms with E-state index in [1.807, 2.05) is 6.92 Å². The largest absolute Gasteiger partial charge is 0.352 e. The maximum absolute atomic E-state index is 12.6. The number of nitrogens with zero attached hydrogens (tertiary/aromatic N) is 1. The Kier molecular flexibility index (Phi) is 5.65. The van der Waals surface area contributed by atoms with Gasteiger partial charge in [-0.25, -0.2) is 4.79 Å². The number of carbonyl (C=O) groups is 3. The Hall–Kier alpha value is -1.59. The van der Waals surface area contributed by atoms with Gasteiger partial charge in [0.15, 0.2) is 0 Å². The highest BCUT2D eigenvalue weighted by molar-refractivity contribution is 6.09. The van der Waals surface area contributed by atoms with Crippen molar-refractivity contribution in [2.75, 3.05) is 6.54 Å². The van der Waals surface area contributed by atoms with Crippen molar-refractivity contribution in [1.29, 1.82) is 0 Å². The van der Waals surface area contributed by atoms with Gasteiger partial charge in [0.2, 0.25) is 5.91 Å². The highest BCUT2D eigenvalue weighted by Crippen LogP contribution is 2.33. The summed E-state index contributed by atoms with van der Waals surface area (Å²) in [7, 11) is 0. The molecule has 23 heavy (non-hydrogen) atoms. The lowest BCUT2D eigenvalue weighted by Crippen LogP contribution is -2.49. The van der Waals surface area contributed by atoms with Crippen molar-refractivity contribution in [3.63, 3.8) is 0 Å². The van der Waals surface area contributed by atoms with Crippen molar-refractivity contribution in [3.05, 3.63) is 0 Å². The number of imide groups is 1. The Balaban J connectivity index is 1.88. The predicted molar refractivity (Wildman–Crippen MR) is 87.7 cm³/mol. The molecule has 4 amide bonds. The Labute approximate surface area is 138 Å². The Bertz CT molecular complexity index is 470. The fourth-order valence-corrected chi connectivity index (χ4v) is 3.43. The summed E-state index contributed by atoms with van der Waals surface area (Å²) in [5, 5.41) is 5.71. The highest BCUT2D eigenvalue weighted by Gasteiger charge is 2.51. The molecule has 6 nitrogen and oxygen atoms in total. The van der Waals surface area contributed by atoms with Crippen LogP contribution in [0.2, 0.25) is 0 Å². The molecule has 2 rings (SSSR count). The number of rotatable bonds is 6. The van der Waals surface area contributed by atoms with Crippen LogP contribution in [0.1, 0.15) is 65.7 Å². The van der Waals surface area contributed by atoms with Crippen molar-refractivity contribution < 1.29 is 14.4 Å². The minimum absolute atomic E-state index is 0.0503. The van der Waals surface area contributed by atoms with E-state index in [0.717, 1.165) is 37.0 Å². The molecule has 1 saturated carbocycles. The Morgan fingerprint density at radius 1 is 1.17 bits per heavy atom. The summed E-state index contributed by atoms with van der Waals surface area (Å²) in [4.78, 5) is 37.9. The van der Waals surface area contributed by atoms with E-state index in [9.17, 15) is 14.4 Å². The Morgan fingerprint density at radius 2 is 1.83 bits per heavy atom. The molecule has 1 atom stereocenters. The number of carbonyl (C=O) groups excluding carboxylic acids is 3. The van der Waals surface area contributed by atoms with Crippen LogP contribution in [0.25, 0.3) is 0 Å². The number of nitrogens with one attached hydrogen (secondary N) is 2. The summed E-state index contributed by atoms with van der Waals surface area (Å²) in [6.45, 7) is 6.06. The van der Waals surface area contributed by atoms with E-state index in [4.69, 9.17) is 0 Å². The highest BCUT2D eigenvalue weighted by atomic mass is 16.2. The monoisotopic (exact) mass is 323 g/mol. The molecule has 2 aliphatic rings. The second-order valence-corrected chi connectivity index (χ2v) is 7.40. The van der Waals surface area contributed by atoms with Crippen LogP contribution in [-0.4, -0.2) is 40.9 Å². The summed E-state index contributed by atoms with van der Waals surface area (Å²) in [5.41, 5.74) is -0.751. The van der Waals surface area contributed by atoms with Crippen LogP contribution in [0, 0.1) is 5.92 Å². The summed E-state index contributed by atoms with van der Waals surface area (Å²) in [6.07, 6.45) is 6.28. The molecule has 0 aromatic heterocycles. The average Bonchev–Trinajstić information content (AvgIpc) is 2.70. The first kappa shape index (κ1) is 17.8. The van der Waals surface area contributed by atoms with Gasteiger partial charge in [-0.2, -0.15) is 0 Å². The fourth-order valence-electron chi connectivity index (χ4n) is 3.43. The molecule has 2 N–H and O–H groups in total. The van der Waals surface area contributed by atoms with Crippen molar-refractivity contribution >= 4 is 17.8 Å². The lowest BCUT2D eigenvalue weighted by atomic mass is 9.82. The van der Waals surface area contributed by atoms with Crippen molar-refractivity contribution in [1.82, 2.24) is 15.5 Å². The van der Waals surface area contributed by atoms with Crippen LogP contribution >= 0.6 is 0 Å². The third-order valence-corrected chi connectivity index (χ3v) is 4.84. The minimum Gasteiger partial charge on any atom is -0.352 e. The second kappa shape index (κ2) is 7.32. The van der Waals surface area contributed by atoms with Crippen LogP contribution in [0.15, 0.2) is 0 Å². The average molecular weight is 323 g/mol. The zero-order valence-electron chi connectivity index (χ0n) is 14.5. The minimum atomic E-state index is -0.751. The van der Waals surface area contributed by atoms with E-state index in [-0.39, 0.29) is 24.4 Å². The molecular formula is C17H29N3O3. The summed E-state index contributed by atoms with van der Waals surface area (Å²) in [5.74, 6) is 0.0937. The van der Waals surface area contributed by atoms with Gasteiger partial charge in [-0.3, -0.25) is 14.5 Å². The van der Waals surface area contributed by atoms with E-state index in [1.165, 1.54) is 0 Å². The molecule has 0 aromatic rings. The number of hydrogen-bond donors (Lipinski definition) is 2. The maximum Gasteiger partial charge on any atom is 0.325 e. The third kappa shape index (κ3) is 4.24. The first-order chi connectivity index (χ1) is 10.8. The van der Waals surface area contributed by atoms with E-state index in [2.05, 4.69) is 24.5 Å². The van der Waals surface area contributed by atoms with Gasteiger partial charge in [-0.1, -0.05) is 33.1 Å². The van der Waals surface area contributed by atoms with Crippen molar-refractivity contribution in [3.8, 4) is 0 Å². The lowest BCUT2D eigenvalue weighted by molar-refractivity contribution is -0.136. The molecule has 1 aliphatic heterocycles. The van der Waals surface area contributed by atoms with Gasteiger partial charge in [0.1, 0.15) is 12.1 Å². The zero-order valence-corrected chi connectivity index (χ0v) is 14.5. The summed E-state index contributed by atoms with van der Waals surface area (Å²) in [6, 6.07) is -0.379. The zero-order chi connectivity index (χ0) is 17.0. The van der Waals surface area contributed by atoms with E-state index < -0.39 is 11.6 Å².